The molecular weight excluding hydrogens is 227 g/mol. The minimum atomic E-state index is -1.86. The Hall–Kier alpha value is -1.93. The van der Waals surface area contributed by atoms with E-state index in [-0.39, 0.29) is 16.7 Å². The second kappa shape index (κ2) is 5.42. The first kappa shape index (κ1) is 13.1. The zero-order chi connectivity index (χ0) is 13.0. The average Bonchev–Trinajstić information content (AvgIpc) is 2.28. The molecule has 0 saturated heterocycles. The summed E-state index contributed by atoms with van der Waals surface area (Å²) < 4.78 is 0. The Bertz CT molecular complexity index is 449. The van der Waals surface area contributed by atoms with Crippen LogP contribution in [0.3, 0.4) is 0 Å². The fraction of sp³-hybridized carbons (Fsp3) is 0.222. The number of non-ortho nitro benzene ring substituents is 1. The van der Waals surface area contributed by atoms with Crippen molar-refractivity contribution in [1.29, 1.82) is 0 Å². The number of carbonyl (C=O) groups excluding carboxylic acids is 1. The second-order valence-corrected chi connectivity index (χ2v) is 3.30. The highest BCUT2D eigenvalue weighted by Gasteiger charge is 2.19. The lowest BCUT2D eigenvalue weighted by atomic mass is 9.79. The Kier molecular flexibility index (Phi) is 4.19. The summed E-state index contributed by atoms with van der Waals surface area (Å²) in [5.74, 6) is -0.502. The smallest absolute Gasteiger partial charge is 0.423 e. The van der Waals surface area contributed by atoms with E-state index in [0.29, 0.717) is 6.54 Å². The van der Waals surface area contributed by atoms with Crippen molar-refractivity contribution in [1.82, 2.24) is 5.32 Å². The number of amides is 1. The van der Waals surface area contributed by atoms with Crippen LogP contribution in [0, 0.1) is 10.1 Å². The van der Waals surface area contributed by atoms with Crippen molar-refractivity contribution in [2.24, 2.45) is 0 Å². The Balaban J connectivity index is 3.21. The van der Waals surface area contributed by atoms with Gasteiger partial charge in [-0.3, -0.25) is 14.9 Å². The van der Waals surface area contributed by atoms with Gasteiger partial charge in [-0.2, -0.15) is 0 Å². The topological polar surface area (TPSA) is 113 Å². The van der Waals surface area contributed by atoms with Crippen molar-refractivity contribution in [3.8, 4) is 0 Å². The third-order valence-corrected chi connectivity index (χ3v) is 2.05. The third-order valence-electron chi connectivity index (χ3n) is 2.05. The zero-order valence-electron chi connectivity index (χ0n) is 9.08. The predicted octanol–water partition coefficient (Wildman–Crippen LogP) is -0.976. The Morgan fingerprint density at radius 1 is 1.47 bits per heavy atom. The molecule has 90 valence electrons. The molecule has 1 amide bonds. The van der Waals surface area contributed by atoms with Crippen LogP contribution in [0.25, 0.3) is 0 Å². The lowest BCUT2D eigenvalue weighted by Crippen LogP contribution is -2.32. The molecule has 0 atom stereocenters. The fourth-order valence-electron chi connectivity index (χ4n) is 1.28. The molecule has 0 fully saturated rings. The standard InChI is InChI=1S/C9H11BN2O5/c1-2-11-9(13)6-3-7(10(14)15)5-8(4-6)12(16)17/h3-5,14-15H,2H2,1H3,(H,11,13). The van der Waals surface area contributed by atoms with Gasteiger partial charge in [0.15, 0.2) is 0 Å². The number of nitrogens with zero attached hydrogens (tertiary/aromatic N) is 1. The number of hydrogen-bond acceptors (Lipinski definition) is 5. The first-order valence-electron chi connectivity index (χ1n) is 4.89. The first-order valence-corrected chi connectivity index (χ1v) is 4.89. The highest BCUT2D eigenvalue weighted by Crippen LogP contribution is 2.12. The van der Waals surface area contributed by atoms with Crippen LogP contribution in [0.15, 0.2) is 18.2 Å². The number of benzene rings is 1. The molecule has 0 aromatic heterocycles. The van der Waals surface area contributed by atoms with Crippen molar-refractivity contribution in [3.63, 3.8) is 0 Å². The van der Waals surface area contributed by atoms with Gasteiger partial charge in [-0.05, 0) is 18.5 Å². The molecule has 1 aromatic carbocycles. The van der Waals surface area contributed by atoms with Crippen molar-refractivity contribution in [3.05, 3.63) is 33.9 Å². The van der Waals surface area contributed by atoms with Crippen LogP contribution in [0.1, 0.15) is 17.3 Å². The SMILES string of the molecule is CCNC(=O)c1cc(B(O)O)cc([N+](=O)[O-])c1. The number of nitro groups is 1. The molecule has 1 aromatic rings. The molecule has 0 bridgehead atoms. The van der Waals surface area contributed by atoms with E-state index in [2.05, 4.69) is 5.32 Å². The molecular formula is C9H11BN2O5. The van der Waals surface area contributed by atoms with E-state index < -0.39 is 17.9 Å². The van der Waals surface area contributed by atoms with Gasteiger partial charge in [-0.15, -0.1) is 0 Å². The molecule has 7 nitrogen and oxygen atoms in total. The largest absolute Gasteiger partial charge is 0.488 e. The van der Waals surface area contributed by atoms with Gasteiger partial charge in [0.25, 0.3) is 11.6 Å². The van der Waals surface area contributed by atoms with Crippen LogP contribution in [-0.4, -0.2) is 34.5 Å². The van der Waals surface area contributed by atoms with Gasteiger partial charge in [0.1, 0.15) is 0 Å². The monoisotopic (exact) mass is 238 g/mol. The van der Waals surface area contributed by atoms with Gasteiger partial charge in [0.05, 0.1) is 4.92 Å². The summed E-state index contributed by atoms with van der Waals surface area (Å²) in [6.07, 6.45) is 0. The van der Waals surface area contributed by atoms with Crippen LogP contribution < -0.4 is 10.8 Å². The van der Waals surface area contributed by atoms with E-state index in [1.165, 1.54) is 6.07 Å². The zero-order valence-corrected chi connectivity index (χ0v) is 9.08. The predicted molar refractivity (Wildman–Crippen MR) is 60.9 cm³/mol. The maximum Gasteiger partial charge on any atom is 0.488 e. The lowest BCUT2D eigenvalue weighted by Gasteiger charge is -2.05. The van der Waals surface area contributed by atoms with E-state index in [1.807, 2.05) is 0 Å². The van der Waals surface area contributed by atoms with E-state index in [9.17, 15) is 14.9 Å². The molecule has 0 unspecified atom stereocenters. The lowest BCUT2D eigenvalue weighted by molar-refractivity contribution is -0.384. The Labute approximate surface area is 97.4 Å². The van der Waals surface area contributed by atoms with Crippen LogP contribution in [0.2, 0.25) is 0 Å². The summed E-state index contributed by atoms with van der Waals surface area (Å²) in [5, 5.41) is 31.0. The Morgan fingerprint density at radius 3 is 2.59 bits per heavy atom. The molecule has 8 heteroatoms. The summed E-state index contributed by atoms with van der Waals surface area (Å²) in [4.78, 5) is 21.4. The van der Waals surface area contributed by atoms with Gasteiger partial charge < -0.3 is 15.4 Å². The number of nitrogens with one attached hydrogen (secondary N) is 1. The summed E-state index contributed by atoms with van der Waals surface area (Å²) in [7, 11) is -1.86. The molecule has 0 heterocycles. The second-order valence-electron chi connectivity index (χ2n) is 3.30. The van der Waals surface area contributed by atoms with Gasteiger partial charge in [0.2, 0.25) is 0 Å². The quantitative estimate of drug-likeness (QED) is 0.354. The minimum absolute atomic E-state index is 0.0177. The number of rotatable bonds is 4. The van der Waals surface area contributed by atoms with E-state index in [4.69, 9.17) is 10.0 Å². The Morgan fingerprint density at radius 2 is 2.12 bits per heavy atom. The third kappa shape index (κ3) is 3.26. The van der Waals surface area contributed by atoms with Crippen molar-refractivity contribution < 1.29 is 19.8 Å². The molecule has 0 radical (unpaired) electrons. The van der Waals surface area contributed by atoms with Crippen LogP contribution >= 0.6 is 0 Å². The molecule has 17 heavy (non-hydrogen) atoms. The van der Waals surface area contributed by atoms with Crippen LogP contribution in [0.4, 0.5) is 5.69 Å². The summed E-state index contributed by atoms with van der Waals surface area (Å²) >= 11 is 0. The van der Waals surface area contributed by atoms with Crippen molar-refractivity contribution in [2.75, 3.05) is 6.54 Å². The normalized spacial score (nSPS) is 9.82. The number of carbonyl (C=O) groups is 1. The van der Waals surface area contributed by atoms with Crippen molar-refractivity contribution in [2.45, 2.75) is 6.92 Å². The summed E-state index contributed by atoms with van der Waals surface area (Å²) in [6, 6.07) is 3.28. The molecule has 0 aliphatic carbocycles. The molecule has 0 saturated carbocycles. The molecule has 1 rings (SSSR count). The maximum absolute atomic E-state index is 11.5. The molecule has 0 spiro atoms. The van der Waals surface area contributed by atoms with Crippen molar-refractivity contribution >= 4 is 24.2 Å². The van der Waals surface area contributed by atoms with E-state index >= 15 is 0 Å². The summed E-state index contributed by atoms with van der Waals surface area (Å²) in [6.45, 7) is 2.08. The number of hydrogen-bond donors (Lipinski definition) is 3. The van der Waals surface area contributed by atoms with Gasteiger partial charge in [-0.25, -0.2) is 0 Å². The molecule has 3 N–H and O–H groups in total. The fourth-order valence-corrected chi connectivity index (χ4v) is 1.28. The minimum Gasteiger partial charge on any atom is -0.423 e. The van der Waals surface area contributed by atoms with E-state index in [0.717, 1.165) is 12.1 Å². The van der Waals surface area contributed by atoms with Gasteiger partial charge in [-0.1, -0.05) is 0 Å². The van der Waals surface area contributed by atoms with Crippen LogP contribution in [-0.2, 0) is 0 Å². The average molecular weight is 238 g/mol. The molecule has 0 aliphatic rings. The summed E-state index contributed by atoms with van der Waals surface area (Å²) in [5.41, 5.74) is -0.443. The molecule has 0 aliphatic heterocycles. The highest BCUT2D eigenvalue weighted by molar-refractivity contribution is 6.58. The van der Waals surface area contributed by atoms with Crippen LogP contribution in [0.5, 0.6) is 0 Å². The number of nitro benzene ring substituents is 1. The van der Waals surface area contributed by atoms with Gasteiger partial charge >= 0.3 is 7.12 Å². The van der Waals surface area contributed by atoms with E-state index in [1.54, 1.807) is 6.92 Å². The highest BCUT2D eigenvalue weighted by atomic mass is 16.6. The van der Waals surface area contributed by atoms with Gasteiger partial charge in [0, 0.05) is 24.2 Å². The maximum atomic E-state index is 11.5. The first-order chi connectivity index (χ1) is 7.95.